The molecule has 7 nitrogen and oxygen atoms in total. The van der Waals surface area contributed by atoms with Gasteiger partial charge in [0.05, 0.1) is 19.6 Å². The van der Waals surface area contributed by atoms with Gasteiger partial charge in [-0.25, -0.2) is 4.98 Å². The zero-order valence-electron chi connectivity index (χ0n) is 17.5. The highest BCUT2D eigenvalue weighted by molar-refractivity contribution is 5.92. The van der Waals surface area contributed by atoms with Gasteiger partial charge in [0.15, 0.2) is 17.1 Å². The Morgan fingerprint density at radius 2 is 1.87 bits per heavy atom. The lowest BCUT2D eigenvalue weighted by molar-refractivity contribution is 0.355. The molecule has 0 fully saturated rings. The molecule has 2 aromatic carbocycles. The molecule has 156 valence electrons. The van der Waals surface area contributed by atoms with Crippen LogP contribution in [0.1, 0.15) is 12.5 Å². The summed E-state index contributed by atoms with van der Waals surface area (Å²) in [6.07, 6.45) is 2.57. The van der Waals surface area contributed by atoms with Gasteiger partial charge in [-0.3, -0.25) is 9.78 Å². The number of methoxy groups -OCH3 is 2. The smallest absolute Gasteiger partial charge is 0.262 e. The summed E-state index contributed by atoms with van der Waals surface area (Å²) in [6.45, 7) is 2.12. The van der Waals surface area contributed by atoms with Crippen molar-refractivity contribution in [2.45, 2.75) is 19.4 Å². The third kappa shape index (κ3) is 3.09. The molecule has 7 heteroatoms. The molecule has 5 rings (SSSR count). The van der Waals surface area contributed by atoms with Gasteiger partial charge in [0.25, 0.3) is 5.56 Å². The summed E-state index contributed by atoms with van der Waals surface area (Å²) in [6, 6.07) is 15.7. The Morgan fingerprint density at radius 3 is 2.68 bits per heavy atom. The van der Waals surface area contributed by atoms with Gasteiger partial charge in [0.2, 0.25) is 5.95 Å². The normalized spacial score (nSPS) is 15.2. The van der Waals surface area contributed by atoms with E-state index in [0.29, 0.717) is 28.5 Å². The number of fused-ring (bicyclic) bond motifs is 2. The first kappa shape index (κ1) is 19.1. The summed E-state index contributed by atoms with van der Waals surface area (Å²) in [7, 11) is 3.18. The number of hydrogen-bond acceptors (Lipinski definition) is 6. The molecule has 0 saturated heterocycles. The first-order chi connectivity index (χ1) is 15.1. The van der Waals surface area contributed by atoms with Crippen molar-refractivity contribution in [3.63, 3.8) is 0 Å². The third-order valence-corrected chi connectivity index (χ3v) is 5.73. The second-order valence-electron chi connectivity index (χ2n) is 7.57. The fourth-order valence-electron chi connectivity index (χ4n) is 4.30. The van der Waals surface area contributed by atoms with Gasteiger partial charge in [-0.05, 0) is 54.3 Å². The number of anilines is 2. The van der Waals surface area contributed by atoms with Crippen LogP contribution in [0.3, 0.4) is 0 Å². The summed E-state index contributed by atoms with van der Waals surface area (Å²) < 4.78 is 10.8. The van der Waals surface area contributed by atoms with Crippen LogP contribution in [-0.2, 0) is 6.42 Å². The second-order valence-corrected chi connectivity index (χ2v) is 7.57. The van der Waals surface area contributed by atoms with Crippen LogP contribution in [0.5, 0.6) is 11.5 Å². The topological polar surface area (TPSA) is 80.3 Å². The Hall–Kier alpha value is -3.87. The fraction of sp³-hybridized carbons (Fsp3) is 0.208. The summed E-state index contributed by atoms with van der Waals surface area (Å²) in [5, 5.41) is 0.443. The van der Waals surface area contributed by atoms with Crippen molar-refractivity contribution < 1.29 is 9.47 Å². The number of hydrogen-bond donors (Lipinski definition) is 1. The van der Waals surface area contributed by atoms with Gasteiger partial charge in [0.1, 0.15) is 0 Å². The van der Waals surface area contributed by atoms with Crippen LogP contribution in [0.25, 0.3) is 22.2 Å². The minimum absolute atomic E-state index is 0.187. The molecule has 1 aliphatic rings. The lowest BCUT2D eigenvalue weighted by Gasteiger charge is -2.23. The largest absolute Gasteiger partial charge is 0.493 e. The van der Waals surface area contributed by atoms with E-state index in [4.69, 9.17) is 14.5 Å². The summed E-state index contributed by atoms with van der Waals surface area (Å²) >= 11 is 0. The molecule has 2 aromatic heterocycles. The zero-order valence-corrected chi connectivity index (χ0v) is 17.5. The van der Waals surface area contributed by atoms with E-state index in [0.717, 1.165) is 23.2 Å². The number of H-pyrrole nitrogens is 1. The summed E-state index contributed by atoms with van der Waals surface area (Å²) in [4.78, 5) is 27.4. The predicted octanol–water partition coefficient (Wildman–Crippen LogP) is 4.09. The first-order valence-corrected chi connectivity index (χ1v) is 10.1. The minimum Gasteiger partial charge on any atom is -0.493 e. The van der Waals surface area contributed by atoms with Crippen molar-refractivity contribution in [2.75, 3.05) is 19.1 Å². The number of nitrogens with zero attached hydrogens (tertiary/aromatic N) is 3. The SMILES string of the molecule is COc1ccc(-c2ccnc3nc(N4c5ccccc5CC4C)[nH]c(=O)c23)cc1OC. The van der Waals surface area contributed by atoms with E-state index in [1.807, 2.05) is 36.4 Å². The molecule has 0 radical (unpaired) electrons. The van der Waals surface area contributed by atoms with Crippen LogP contribution in [0, 0.1) is 0 Å². The number of rotatable bonds is 4. The Morgan fingerprint density at radius 1 is 1.06 bits per heavy atom. The summed E-state index contributed by atoms with van der Waals surface area (Å²) in [5.74, 6) is 1.72. The molecule has 0 amide bonds. The Bertz CT molecular complexity index is 1350. The maximum absolute atomic E-state index is 13.2. The average molecular weight is 414 g/mol. The van der Waals surface area contributed by atoms with Crippen molar-refractivity contribution in [1.82, 2.24) is 15.0 Å². The molecule has 1 N–H and O–H groups in total. The third-order valence-electron chi connectivity index (χ3n) is 5.73. The van der Waals surface area contributed by atoms with Crippen molar-refractivity contribution in [3.05, 3.63) is 70.6 Å². The molecule has 1 aliphatic heterocycles. The average Bonchev–Trinajstić information content (AvgIpc) is 3.13. The van der Waals surface area contributed by atoms with Crippen molar-refractivity contribution in [2.24, 2.45) is 0 Å². The Labute approximate surface area is 179 Å². The highest BCUT2D eigenvalue weighted by Gasteiger charge is 2.29. The fourth-order valence-corrected chi connectivity index (χ4v) is 4.30. The van der Waals surface area contributed by atoms with Gasteiger partial charge >= 0.3 is 0 Å². The van der Waals surface area contributed by atoms with Crippen LogP contribution < -0.4 is 19.9 Å². The van der Waals surface area contributed by atoms with Crippen molar-refractivity contribution in [3.8, 4) is 22.6 Å². The van der Waals surface area contributed by atoms with Crippen LogP contribution in [0.2, 0.25) is 0 Å². The van der Waals surface area contributed by atoms with E-state index >= 15 is 0 Å². The standard InChI is InChI=1S/C24H22N4O3/c1-14-12-16-6-4-5-7-18(16)28(14)24-26-22-21(23(29)27-24)17(10-11-25-22)15-8-9-19(30-2)20(13-15)31-3/h4-11,13-14H,12H2,1-3H3,(H,25,26,27,29). The second kappa shape index (κ2) is 7.43. The van der Waals surface area contributed by atoms with Gasteiger partial charge in [0, 0.05) is 17.9 Å². The molecule has 0 aliphatic carbocycles. The Kier molecular flexibility index (Phi) is 4.58. The zero-order chi connectivity index (χ0) is 21.5. The molecule has 4 aromatic rings. The van der Waals surface area contributed by atoms with Gasteiger partial charge in [-0.2, -0.15) is 4.98 Å². The van der Waals surface area contributed by atoms with E-state index < -0.39 is 0 Å². The van der Waals surface area contributed by atoms with Gasteiger partial charge in [-0.1, -0.05) is 24.3 Å². The minimum atomic E-state index is -0.227. The molecule has 31 heavy (non-hydrogen) atoms. The number of nitrogens with one attached hydrogen (secondary N) is 1. The first-order valence-electron chi connectivity index (χ1n) is 10.1. The van der Waals surface area contributed by atoms with E-state index in [2.05, 4.69) is 33.9 Å². The van der Waals surface area contributed by atoms with E-state index in [1.165, 1.54) is 5.56 Å². The van der Waals surface area contributed by atoms with E-state index in [1.54, 1.807) is 20.4 Å². The van der Waals surface area contributed by atoms with E-state index in [-0.39, 0.29) is 11.6 Å². The summed E-state index contributed by atoms with van der Waals surface area (Å²) in [5.41, 5.74) is 4.04. The van der Waals surface area contributed by atoms with Crippen molar-refractivity contribution >= 4 is 22.7 Å². The lowest BCUT2D eigenvalue weighted by Crippen LogP contribution is -2.28. The van der Waals surface area contributed by atoms with Crippen LogP contribution in [0.4, 0.5) is 11.6 Å². The molecular formula is C24H22N4O3. The number of aromatic nitrogens is 3. The quantitative estimate of drug-likeness (QED) is 0.542. The monoisotopic (exact) mass is 414 g/mol. The number of aromatic amines is 1. The maximum Gasteiger partial charge on any atom is 0.262 e. The molecule has 1 atom stereocenters. The molecular weight excluding hydrogens is 392 g/mol. The van der Waals surface area contributed by atoms with Gasteiger partial charge < -0.3 is 14.4 Å². The number of benzene rings is 2. The number of pyridine rings is 1. The molecule has 0 saturated carbocycles. The predicted molar refractivity (Wildman–Crippen MR) is 120 cm³/mol. The van der Waals surface area contributed by atoms with E-state index in [9.17, 15) is 4.79 Å². The highest BCUT2D eigenvalue weighted by Crippen LogP contribution is 2.37. The lowest BCUT2D eigenvalue weighted by atomic mass is 10.0. The van der Waals surface area contributed by atoms with Crippen LogP contribution in [0.15, 0.2) is 59.5 Å². The molecule has 3 heterocycles. The molecule has 0 spiro atoms. The number of para-hydroxylation sites is 1. The Balaban J connectivity index is 1.66. The van der Waals surface area contributed by atoms with Crippen LogP contribution >= 0.6 is 0 Å². The number of ether oxygens (including phenoxy) is 2. The maximum atomic E-state index is 13.2. The van der Waals surface area contributed by atoms with Crippen molar-refractivity contribution in [1.29, 1.82) is 0 Å². The molecule has 1 unspecified atom stereocenters. The highest BCUT2D eigenvalue weighted by atomic mass is 16.5. The molecule has 0 bridgehead atoms. The van der Waals surface area contributed by atoms with Crippen LogP contribution in [-0.4, -0.2) is 35.2 Å². The van der Waals surface area contributed by atoms with Gasteiger partial charge in [-0.15, -0.1) is 0 Å².